The molecule has 170 valence electrons. The zero-order chi connectivity index (χ0) is 23.1. The van der Waals surface area contributed by atoms with Gasteiger partial charge in [0.05, 0.1) is 12.4 Å². The van der Waals surface area contributed by atoms with Crippen molar-refractivity contribution in [2.75, 3.05) is 0 Å². The summed E-state index contributed by atoms with van der Waals surface area (Å²) in [7, 11) is 0. The number of amides is 2. The molecule has 0 aliphatic heterocycles. The van der Waals surface area contributed by atoms with Gasteiger partial charge in [0.2, 0.25) is 11.7 Å². The average Bonchev–Trinajstić information content (AvgIpc) is 3.51. The lowest BCUT2D eigenvalue weighted by Crippen LogP contribution is -2.33. The van der Waals surface area contributed by atoms with Crippen LogP contribution in [0.3, 0.4) is 0 Å². The molecule has 3 rings (SSSR count). The minimum absolute atomic E-state index is 0.106. The molecule has 0 aliphatic rings. The molecule has 0 atom stereocenters. The number of benzene rings is 1. The lowest BCUT2D eigenvalue weighted by Gasteiger charge is -2.13. The first-order valence-electron chi connectivity index (χ1n) is 11.2. The third-order valence-corrected chi connectivity index (χ3v) is 5.57. The fraction of sp³-hybridized carbons (Fsp3) is 0.417. The molecule has 2 aromatic heterocycles. The summed E-state index contributed by atoms with van der Waals surface area (Å²) in [5.74, 6) is 0.650. The molecule has 2 amide bonds. The van der Waals surface area contributed by atoms with Gasteiger partial charge < -0.3 is 20.0 Å². The van der Waals surface area contributed by atoms with Gasteiger partial charge in [0.15, 0.2) is 0 Å². The van der Waals surface area contributed by atoms with E-state index < -0.39 is 0 Å². The zero-order valence-corrected chi connectivity index (χ0v) is 19.1. The fourth-order valence-corrected chi connectivity index (χ4v) is 3.40. The number of nitrogens with one attached hydrogen (secondary N) is 3. The minimum atomic E-state index is -0.271. The normalized spacial score (nSPS) is 11.2. The summed E-state index contributed by atoms with van der Waals surface area (Å²) in [5, 5.41) is 5.94. The van der Waals surface area contributed by atoms with Gasteiger partial charge in [-0.1, -0.05) is 39.8 Å². The van der Waals surface area contributed by atoms with E-state index in [1.807, 2.05) is 52.0 Å². The second-order valence-corrected chi connectivity index (χ2v) is 7.73. The van der Waals surface area contributed by atoms with Gasteiger partial charge >= 0.3 is 0 Å². The molecule has 0 bridgehead atoms. The van der Waals surface area contributed by atoms with Gasteiger partial charge in [-0.2, -0.15) is 0 Å². The van der Waals surface area contributed by atoms with Crippen LogP contribution >= 0.6 is 0 Å². The molecule has 0 radical (unpaired) electrons. The van der Waals surface area contributed by atoms with E-state index in [-0.39, 0.29) is 29.7 Å². The number of carbonyl (C=O) groups is 2. The SMILES string of the molecule is CCC(CC)NC(=O)c1cnc(-c2cccc(-c3ncc(C(=O)NC(CC)CC)o3)c2)[nH]1. The van der Waals surface area contributed by atoms with Crippen molar-refractivity contribution in [3.05, 3.63) is 48.1 Å². The molecule has 0 spiro atoms. The lowest BCUT2D eigenvalue weighted by molar-refractivity contribution is 0.0905. The van der Waals surface area contributed by atoms with Crippen molar-refractivity contribution in [2.45, 2.75) is 65.5 Å². The summed E-state index contributed by atoms with van der Waals surface area (Å²) < 4.78 is 5.71. The van der Waals surface area contributed by atoms with Crippen LogP contribution in [0.5, 0.6) is 0 Å². The van der Waals surface area contributed by atoms with E-state index >= 15 is 0 Å². The summed E-state index contributed by atoms with van der Waals surface area (Å²) in [6, 6.07) is 7.69. The molecule has 2 heterocycles. The van der Waals surface area contributed by atoms with Crippen LogP contribution in [0, 0.1) is 0 Å². The van der Waals surface area contributed by atoms with E-state index in [1.165, 1.54) is 12.4 Å². The molecule has 32 heavy (non-hydrogen) atoms. The fourth-order valence-electron chi connectivity index (χ4n) is 3.40. The molecule has 3 N–H and O–H groups in total. The number of oxazole rings is 1. The Morgan fingerprint density at radius 3 is 2.19 bits per heavy atom. The highest BCUT2D eigenvalue weighted by atomic mass is 16.4. The lowest BCUT2D eigenvalue weighted by atomic mass is 10.1. The number of aromatic nitrogens is 3. The van der Waals surface area contributed by atoms with Crippen molar-refractivity contribution in [1.82, 2.24) is 25.6 Å². The van der Waals surface area contributed by atoms with Crippen molar-refractivity contribution in [2.24, 2.45) is 0 Å². The number of aromatic amines is 1. The van der Waals surface area contributed by atoms with Crippen LogP contribution in [-0.2, 0) is 0 Å². The topological polar surface area (TPSA) is 113 Å². The number of imidazole rings is 1. The molecule has 0 fully saturated rings. The molecule has 3 aromatic rings. The highest BCUT2D eigenvalue weighted by Gasteiger charge is 2.18. The van der Waals surface area contributed by atoms with Crippen molar-refractivity contribution < 1.29 is 14.0 Å². The van der Waals surface area contributed by atoms with Crippen LogP contribution < -0.4 is 10.6 Å². The van der Waals surface area contributed by atoms with E-state index in [2.05, 4.69) is 25.6 Å². The summed E-state index contributed by atoms with van der Waals surface area (Å²) in [6.45, 7) is 8.15. The molecule has 0 unspecified atom stereocenters. The Morgan fingerprint density at radius 2 is 1.53 bits per heavy atom. The van der Waals surface area contributed by atoms with Crippen LogP contribution in [0.4, 0.5) is 0 Å². The number of carbonyl (C=O) groups excluding carboxylic acids is 2. The van der Waals surface area contributed by atoms with Crippen LogP contribution in [0.2, 0.25) is 0 Å². The van der Waals surface area contributed by atoms with Crippen molar-refractivity contribution >= 4 is 11.8 Å². The van der Waals surface area contributed by atoms with Gasteiger partial charge in [-0.3, -0.25) is 9.59 Å². The van der Waals surface area contributed by atoms with Crippen molar-refractivity contribution in [1.29, 1.82) is 0 Å². The van der Waals surface area contributed by atoms with E-state index in [4.69, 9.17) is 4.42 Å². The molecule has 8 heteroatoms. The Bertz CT molecular complexity index is 968. The van der Waals surface area contributed by atoms with Gasteiger partial charge in [0.25, 0.3) is 11.8 Å². The van der Waals surface area contributed by atoms with Crippen molar-refractivity contribution in [3.8, 4) is 22.8 Å². The third kappa shape index (κ3) is 5.43. The van der Waals surface area contributed by atoms with Crippen LogP contribution in [0.15, 0.2) is 41.1 Å². The third-order valence-electron chi connectivity index (χ3n) is 5.57. The Hall–Kier alpha value is -3.42. The number of hydrogen-bond donors (Lipinski definition) is 3. The highest BCUT2D eigenvalue weighted by molar-refractivity contribution is 5.93. The maximum atomic E-state index is 12.4. The van der Waals surface area contributed by atoms with Crippen LogP contribution in [0.1, 0.15) is 74.4 Å². The van der Waals surface area contributed by atoms with Gasteiger partial charge in [-0.25, -0.2) is 9.97 Å². The van der Waals surface area contributed by atoms with Crippen molar-refractivity contribution in [3.63, 3.8) is 0 Å². The Morgan fingerprint density at radius 1 is 0.906 bits per heavy atom. The standard InChI is InChI=1S/C24H31N5O3/c1-5-17(6-2)27-22(30)19-13-25-21(29-19)15-10-9-11-16(12-15)24-26-14-20(32-24)23(31)28-18(7-3)8-4/h9-14,17-18H,5-8H2,1-4H3,(H,25,29)(H,27,30)(H,28,31). The summed E-state index contributed by atoms with van der Waals surface area (Å²) >= 11 is 0. The average molecular weight is 438 g/mol. The second-order valence-electron chi connectivity index (χ2n) is 7.73. The van der Waals surface area contributed by atoms with Gasteiger partial charge in [0, 0.05) is 23.2 Å². The highest BCUT2D eigenvalue weighted by Crippen LogP contribution is 2.25. The first-order chi connectivity index (χ1) is 15.5. The first-order valence-corrected chi connectivity index (χ1v) is 11.2. The predicted octanol–water partition coefficient (Wildman–Crippen LogP) is 4.57. The molecule has 8 nitrogen and oxygen atoms in total. The molecule has 0 aliphatic carbocycles. The van der Waals surface area contributed by atoms with Gasteiger partial charge in [-0.15, -0.1) is 0 Å². The summed E-state index contributed by atoms with van der Waals surface area (Å²) in [4.78, 5) is 36.5. The quantitative estimate of drug-likeness (QED) is 0.430. The Balaban J connectivity index is 1.76. The first kappa shape index (κ1) is 23.2. The predicted molar refractivity (Wildman–Crippen MR) is 123 cm³/mol. The van der Waals surface area contributed by atoms with E-state index in [0.29, 0.717) is 23.0 Å². The van der Waals surface area contributed by atoms with E-state index in [1.54, 1.807) is 0 Å². The number of H-pyrrole nitrogens is 1. The zero-order valence-electron chi connectivity index (χ0n) is 19.1. The molecule has 1 aromatic carbocycles. The Kier molecular flexibility index (Phi) is 7.81. The van der Waals surface area contributed by atoms with Crippen LogP contribution in [-0.4, -0.2) is 38.8 Å². The number of rotatable bonds is 10. The summed E-state index contributed by atoms with van der Waals surface area (Å²) in [6.07, 6.45) is 6.42. The van der Waals surface area contributed by atoms with E-state index in [0.717, 1.165) is 31.2 Å². The van der Waals surface area contributed by atoms with Gasteiger partial charge in [-0.05, 0) is 37.8 Å². The largest absolute Gasteiger partial charge is 0.431 e. The maximum absolute atomic E-state index is 12.4. The van der Waals surface area contributed by atoms with Crippen LogP contribution in [0.25, 0.3) is 22.8 Å². The van der Waals surface area contributed by atoms with E-state index in [9.17, 15) is 9.59 Å². The number of hydrogen-bond acceptors (Lipinski definition) is 5. The second kappa shape index (κ2) is 10.7. The minimum Gasteiger partial charge on any atom is -0.431 e. The molecule has 0 saturated carbocycles. The smallest absolute Gasteiger partial charge is 0.288 e. The Labute approximate surface area is 188 Å². The molecule has 0 saturated heterocycles. The summed E-state index contributed by atoms with van der Waals surface area (Å²) in [5.41, 5.74) is 1.91. The maximum Gasteiger partial charge on any atom is 0.288 e. The van der Waals surface area contributed by atoms with Gasteiger partial charge in [0.1, 0.15) is 11.5 Å². The molecular formula is C24H31N5O3. The monoisotopic (exact) mass is 437 g/mol. The number of nitrogens with zero attached hydrogens (tertiary/aromatic N) is 2. The molecular weight excluding hydrogens is 406 g/mol.